The summed E-state index contributed by atoms with van der Waals surface area (Å²) in [7, 11) is 0. The van der Waals surface area contributed by atoms with Crippen LogP contribution in [0.2, 0.25) is 0 Å². The van der Waals surface area contributed by atoms with E-state index < -0.39 is 43.2 Å². The summed E-state index contributed by atoms with van der Waals surface area (Å²) in [5.74, 6) is -2.42. The Morgan fingerprint density at radius 1 is 0.717 bits per heavy atom. The highest BCUT2D eigenvalue weighted by Gasteiger charge is 2.24. The van der Waals surface area contributed by atoms with E-state index in [1.165, 1.54) is 0 Å². The van der Waals surface area contributed by atoms with Gasteiger partial charge >= 0.3 is 11.9 Å². The van der Waals surface area contributed by atoms with Crippen LogP contribution < -0.4 is 10.6 Å². The van der Waals surface area contributed by atoms with Crippen molar-refractivity contribution in [1.29, 1.82) is 0 Å². The molecule has 0 rings (SSSR count). The highest BCUT2D eigenvalue weighted by Crippen LogP contribution is 2.04. The van der Waals surface area contributed by atoms with Gasteiger partial charge in [0.15, 0.2) is 0 Å². The zero-order valence-corrected chi connectivity index (χ0v) is 27.5. The highest BCUT2D eigenvalue weighted by atomic mass is 16.6. The normalized spacial score (nSPS) is 13.0. The van der Waals surface area contributed by atoms with E-state index in [9.17, 15) is 29.4 Å². The molecule has 0 aromatic carbocycles. The minimum absolute atomic E-state index is 0.120. The molecule has 0 spiro atoms. The first-order chi connectivity index (χ1) is 22.4. The fourth-order valence-electron chi connectivity index (χ4n) is 3.66. The Morgan fingerprint density at radius 2 is 1.24 bits per heavy atom. The van der Waals surface area contributed by atoms with Crippen LogP contribution in [0.5, 0.6) is 0 Å². The second kappa shape index (κ2) is 31.0. The van der Waals surface area contributed by atoms with Crippen molar-refractivity contribution in [1.82, 2.24) is 10.6 Å². The maximum absolute atomic E-state index is 12.5. The van der Waals surface area contributed by atoms with Gasteiger partial charge < -0.3 is 30.3 Å². The Bertz CT molecular complexity index is 1050. The number of carbonyl (C=O) groups is 4. The van der Waals surface area contributed by atoms with E-state index in [1.807, 2.05) is 12.2 Å². The first-order valence-corrected chi connectivity index (χ1v) is 16.1. The number of esters is 2. The Balaban J connectivity index is 4.28. The molecule has 0 saturated carbocycles. The molecular formula is C36H54N2O8. The molecule has 46 heavy (non-hydrogen) atoms. The fourth-order valence-corrected chi connectivity index (χ4v) is 3.66. The number of rotatable bonds is 26. The van der Waals surface area contributed by atoms with Gasteiger partial charge in [0, 0.05) is 25.1 Å². The van der Waals surface area contributed by atoms with E-state index in [-0.39, 0.29) is 25.5 Å². The molecular weight excluding hydrogens is 588 g/mol. The van der Waals surface area contributed by atoms with Gasteiger partial charge in [0.25, 0.3) is 0 Å². The third-order valence-corrected chi connectivity index (χ3v) is 6.07. The topological polar surface area (TPSA) is 151 Å². The first-order valence-electron chi connectivity index (χ1n) is 16.1. The molecule has 256 valence electrons. The molecule has 0 bridgehead atoms. The van der Waals surface area contributed by atoms with Crippen LogP contribution in [0.1, 0.15) is 78.1 Å². The largest absolute Gasteiger partial charge is 0.463 e. The Labute approximate surface area is 274 Å². The van der Waals surface area contributed by atoms with Crippen LogP contribution >= 0.6 is 0 Å². The average molecular weight is 643 g/mol. The summed E-state index contributed by atoms with van der Waals surface area (Å²) < 4.78 is 9.74. The number of aliphatic hydroxyl groups excluding tert-OH is 2. The number of nitrogens with one attached hydrogen (secondary N) is 2. The lowest BCUT2D eigenvalue weighted by Gasteiger charge is -2.20. The minimum Gasteiger partial charge on any atom is -0.463 e. The smallest absolute Gasteiger partial charge is 0.330 e. The molecule has 0 aliphatic carbocycles. The first kappa shape index (κ1) is 42.0. The molecule has 0 heterocycles. The maximum Gasteiger partial charge on any atom is 0.330 e. The van der Waals surface area contributed by atoms with Crippen LogP contribution in [0.4, 0.5) is 0 Å². The van der Waals surface area contributed by atoms with Gasteiger partial charge in [-0.2, -0.15) is 0 Å². The fraction of sp³-hybridized carbons (Fsp3) is 0.500. The third kappa shape index (κ3) is 26.4. The van der Waals surface area contributed by atoms with Gasteiger partial charge in [-0.3, -0.25) is 9.59 Å². The molecule has 10 heteroatoms. The van der Waals surface area contributed by atoms with Gasteiger partial charge in [0.05, 0.1) is 19.8 Å². The monoisotopic (exact) mass is 642 g/mol. The molecule has 0 aromatic rings. The van der Waals surface area contributed by atoms with E-state index >= 15 is 0 Å². The number of allylic oxidation sites excluding steroid dienone is 12. The van der Waals surface area contributed by atoms with E-state index in [1.54, 1.807) is 6.92 Å². The summed E-state index contributed by atoms with van der Waals surface area (Å²) >= 11 is 0. The summed E-state index contributed by atoms with van der Waals surface area (Å²) in [6.07, 6.45) is 33.3. The number of ether oxygens (including phenoxy) is 2. The van der Waals surface area contributed by atoms with Crippen LogP contribution in [0.15, 0.2) is 85.1 Å². The third-order valence-electron chi connectivity index (χ3n) is 6.07. The zero-order chi connectivity index (χ0) is 34.1. The number of amides is 2. The van der Waals surface area contributed by atoms with Gasteiger partial charge in [0.1, 0.15) is 12.1 Å². The van der Waals surface area contributed by atoms with Crippen LogP contribution in [-0.4, -0.2) is 72.5 Å². The molecule has 10 nitrogen and oxygen atoms in total. The van der Waals surface area contributed by atoms with Gasteiger partial charge in [-0.15, -0.1) is 0 Å². The van der Waals surface area contributed by atoms with Gasteiger partial charge in [-0.25, -0.2) is 9.59 Å². The zero-order valence-electron chi connectivity index (χ0n) is 27.5. The molecule has 1 unspecified atom stereocenters. The van der Waals surface area contributed by atoms with Crippen molar-refractivity contribution in [2.75, 3.05) is 26.4 Å². The lowest BCUT2D eigenvalue weighted by Crippen LogP contribution is -2.44. The molecule has 4 N–H and O–H groups in total. The molecule has 0 aliphatic rings. The van der Waals surface area contributed by atoms with Crippen molar-refractivity contribution >= 4 is 23.8 Å². The molecule has 0 aliphatic heterocycles. The predicted octanol–water partition coefficient (Wildman–Crippen LogP) is 4.86. The second-order valence-electron chi connectivity index (χ2n) is 10.0. The van der Waals surface area contributed by atoms with Crippen molar-refractivity contribution < 1.29 is 38.9 Å². The summed E-state index contributed by atoms with van der Waals surface area (Å²) in [5, 5.41) is 23.6. The van der Waals surface area contributed by atoms with Crippen LogP contribution in [0.25, 0.3) is 0 Å². The average Bonchev–Trinajstić information content (AvgIpc) is 3.05. The highest BCUT2D eigenvalue weighted by molar-refractivity contribution is 5.96. The van der Waals surface area contributed by atoms with Crippen LogP contribution in [-0.2, 0) is 28.7 Å². The minimum atomic E-state index is -1.13. The Morgan fingerprint density at radius 3 is 1.74 bits per heavy atom. The number of hydrogen-bond donors (Lipinski definition) is 4. The van der Waals surface area contributed by atoms with Gasteiger partial charge in [-0.1, -0.05) is 79.8 Å². The molecule has 0 aromatic heterocycles. The van der Waals surface area contributed by atoms with Crippen molar-refractivity contribution in [3.8, 4) is 0 Å². The van der Waals surface area contributed by atoms with Gasteiger partial charge in [0.2, 0.25) is 11.8 Å². The molecule has 1 atom stereocenters. The summed E-state index contributed by atoms with van der Waals surface area (Å²) in [5.41, 5.74) is 0. The number of carbonyl (C=O) groups excluding carboxylic acids is 4. The summed E-state index contributed by atoms with van der Waals surface area (Å²) in [4.78, 5) is 48.3. The van der Waals surface area contributed by atoms with E-state index in [4.69, 9.17) is 9.47 Å². The van der Waals surface area contributed by atoms with E-state index in [0.29, 0.717) is 19.3 Å². The van der Waals surface area contributed by atoms with E-state index in [2.05, 4.69) is 78.3 Å². The van der Waals surface area contributed by atoms with Crippen LogP contribution in [0.3, 0.4) is 0 Å². The van der Waals surface area contributed by atoms with Crippen molar-refractivity contribution in [2.24, 2.45) is 0 Å². The molecule has 0 radical (unpaired) electrons. The van der Waals surface area contributed by atoms with E-state index in [0.717, 1.165) is 50.7 Å². The quantitative estimate of drug-likeness (QED) is 0.0452. The summed E-state index contributed by atoms with van der Waals surface area (Å²) in [6, 6.07) is -1.12. The SMILES string of the molecule is CCC=CCC=CCC=CCC=CCC=CCC=CCCC(=O)NCCCC(NC(=O)C=CC(=O)OCC)C(=O)OC(CO)CO. The van der Waals surface area contributed by atoms with Crippen molar-refractivity contribution in [2.45, 2.75) is 90.2 Å². The lowest BCUT2D eigenvalue weighted by molar-refractivity contribution is -0.157. The molecule has 2 amide bonds. The van der Waals surface area contributed by atoms with Gasteiger partial charge in [-0.05, 0) is 64.7 Å². The summed E-state index contributed by atoms with van der Waals surface area (Å²) in [6.45, 7) is 3.01. The maximum atomic E-state index is 12.5. The lowest BCUT2D eigenvalue weighted by atomic mass is 10.1. The van der Waals surface area contributed by atoms with Crippen LogP contribution in [0, 0.1) is 0 Å². The Kier molecular flexibility index (Phi) is 28.3. The molecule has 0 fully saturated rings. The molecule has 0 saturated heterocycles. The Hall–Kier alpha value is -4.02. The number of hydrogen-bond acceptors (Lipinski definition) is 8. The van der Waals surface area contributed by atoms with Crippen molar-refractivity contribution in [3.63, 3.8) is 0 Å². The standard InChI is InChI=1S/C36H54N2O8/c1-3-5-6-7-8-9-10-11-12-13-14-15-16-17-18-19-20-21-22-25-33(41)37-28-23-24-32(36(44)46-31(29-39)30-40)38-34(42)26-27-35(43)45-4-2/h5-6,8-9,11-12,14-15,17-18,20-21,26-27,31-32,39-40H,3-4,7,10,13,16,19,22-25,28-30H2,1-2H3,(H,37,41)(H,38,42). The second-order valence-corrected chi connectivity index (χ2v) is 10.0. The number of aliphatic hydroxyl groups is 2. The van der Waals surface area contributed by atoms with Crippen molar-refractivity contribution in [3.05, 3.63) is 85.1 Å². The predicted molar refractivity (Wildman–Crippen MR) is 181 cm³/mol.